The normalized spacial score (nSPS) is 12.3. The van der Waals surface area contributed by atoms with Gasteiger partial charge in [0.05, 0.1) is 0 Å². The molecule has 0 saturated carbocycles. The van der Waals surface area contributed by atoms with Crippen molar-refractivity contribution in [2.45, 2.75) is 32.4 Å². The van der Waals surface area contributed by atoms with E-state index in [0.29, 0.717) is 6.61 Å². The van der Waals surface area contributed by atoms with Crippen LogP contribution in [0, 0.1) is 0 Å². The van der Waals surface area contributed by atoms with Gasteiger partial charge in [-0.25, -0.2) is 0 Å². The number of hydrogen-bond donors (Lipinski definition) is 1. The topological polar surface area (TPSA) is 35.2 Å². The smallest absolute Gasteiger partial charge is 0.119 e. The molecule has 1 aromatic carbocycles. The van der Waals surface area contributed by atoms with E-state index >= 15 is 0 Å². The van der Waals surface area contributed by atoms with Gasteiger partial charge in [0.1, 0.15) is 12.4 Å². The summed E-state index contributed by atoms with van der Waals surface area (Å²) in [5.74, 6) is 0.912. The fourth-order valence-electron chi connectivity index (χ4n) is 1.71. The van der Waals surface area contributed by atoms with Crippen molar-refractivity contribution in [3.05, 3.63) is 52.2 Å². The highest BCUT2D eigenvalue weighted by molar-refractivity contribution is 7.07. The van der Waals surface area contributed by atoms with Gasteiger partial charge in [0.2, 0.25) is 0 Å². The van der Waals surface area contributed by atoms with E-state index in [1.807, 2.05) is 12.1 Å². The zero-order valence-corrected chi connectivity index (χ0v) is 11.5. The number of nitrogens with two attached hydrogens (primary N) is 1. The molecule has 1 aromatic heterocycles. The van der Waals surface area contributed by atoms with Crippen LogP contribution >= 0.6 is 11.3 Å². The van der Waals surface area contributed by atoms with Crippen LogP contribution in [-0.4, -0.2) is 6.04 Å². The molecule has 0 spiro atoms. The zero-order chi connectivity index (χ0) is 12.8. The van der Waals surface area contributed by atoms with Crippen molar-refractivity contribution in [3.63, 3.8) is 0 Å². The first-order chi connectivity index (χ1) is 8.78. The highest BCUT2D eigenvalue weighted by atomic mass is 32.1. The third-order valence-corrected chi connectivity index (χ3v) is 3.66. The average Bonchev–Trinajstić information content (AvgIpc) is 2.91. The summed E-state index contributed by atoms with van der Waals surface area (Å²) in [6.07, 6.45) is 1.94. The van der Waals surface area contributed by atoms with Gasteiger partial charge in [0.15, 0.2) is 0 Å². The molecule has 3 heteroatoms. The van der Waals surface area contributed by atoms with Gasteiger partial charge in [0, 0.05) is 6.04 Å². The van der Waals surface area contributed by atoms with E-state index in [0.717, 1.165) is 18.6 Å². The molecule has 0 aliphatic rings. The zero-order valence-electron chi connectivity index (χ0n) is 10.6. The Morgan fingerprint density at radius 2 is 1.94 bits per heavy atom. The predicted molar refractivity (Wildman–Crippen MR) is 77.1 cm³/mol. The SMILES string of the molecule is CCC(N)Cc1ccc(OCc2ccsc2)cc1. The van der Waals surface area contributed by atoms with Crippen LogP contribution < -0.4 is 10.5 Å². The monoisotopic (exact) mass is 261 g/mol. The second kappa shape index (κ2) is 6.57. The summed E-state index contributed by atoms with van der Waals surface area (Å²) in [5.41, 5.74) is 8.43. The number of rotatable bonds is 6. The standard InChI is InChI=1S/C15H19NOS/c1-2-14(16)9-12-3-5-15(6-4-12)17-10-13-7-8-18-11-13/h3-8,11,14H,2,9-10,16H2,1H3. The van der Waals surface area contributed by atoms with Crippen LogP contribution in [0.1, 0.15) is 24.5 Å². The fraction of sp³-hybridized carbons (Fsp3) is 0.333. The molecule has 0 radical (unpaired) electrons. The second-order valence-corrected chi connectivity index (χ2v) is 5.22. The van der Waals surface area contributed by atoms with Gasteiger partial charge >= 0.3 is 0 Å². The molecule has 1 atom stereocenters. The maximum Gasteiger partial charge on any atom is 0.119 e. The molecule has 0 fully saturated rings. The molecule has 0 aliphatic heterocycles. The summed E-state index contributed by atoms with van der Waals surface area (Å²) < 4.78 is 5.71. The van der Waals surface area contributed by atoms with Crippen molar-refractivity contribution in [2.75, 3.05) is 0 Å². The van der Waals surface area contributed by atoms with Crippen LogP contribution in [-0.2, 0) is 13.0 Å². The molecular formula is C15H19NOS. The van der Waals surface area contributed by atoms with Gasteiger partial charge in [-0.15, -0.1) is 0 Å². The lowest BCUT2D eigenvalue weighted by Crippen LogP contribution is -2.21. The van der Waals surface area contributed by atoms with E-state index in [1.165, 1.54) is 11.1 Å². The predicted octanol–water partition coefficient (Wildman–Crippen LogP) is 3.61. The lowest BCUT2D eigenvalue weighted by Gasteiger charge is -2.09. The molecule has 2 rings (SSSR count). The summed E-state index contributed by atoms with van der Waals surface area (Å²) in [7, 11) is 0. The van der Waals surface area contributed by atoms with E-state index in [-0.39, 0.29) is 6.04 Å². The molecule has 1 unspecified atom stereocenters. The van der Waals surface area contributed by atoms with E-state index in [2.05, 4.69) is 35.9 Å². The summed E-state index contributed by atoms with van der Waals surface area (Å²) in [4.78, 5) is 0. The van der Waals surface area contributed by atoms with Crippen molar-refractivity contribution in [2.24, 2.45) is 5.73 Å². The van der Waals surface area contributed by atoms with Crippen molar-refractivity contribution in [1.29, 1.82) is 0 Å². The van der Waals surface area contributed by atoms with Gasteiger partial charge in [0.25, 0.3) is 0 Å². The first-order valence-corrected chi connectivity index (χ1v) is 7.20. The van der Waals surface area contributed by atoms with Crippen LogP contribution in [0.4, 0.5) is 0 Å². The van der Waals surface area contributed by atoms with E-state index in [9.17, 15) is 0 Å². The summed E-state index contributed by atoms with van der Waals surface area (Å²) in [6.45, 7) is 2.75. The average molecular weight is 261 g/mol. The fourth-order valence-corrected chi connectivity index (χ4v) is 2.36. The minimum atomic E-state index is 0.252. The van der Waals surface area contributed by atoms with Gasteiger partial charge in [-0.05, 0) is 52.9 Å². The third-order valence-electron chi connectivity index (χ3n) is 2.93. The van der Waals surface area contributed by atoms with E-state index in [4.69, 9.17) is 10.5 Å². The Hall–Kier alpha value is -1.32. The Balaban J connectivity index is 1.87. The van der Waals surface area contributed by atoms with Crippen LogP contribution in [0.15, 0.2) is 41.1 Å². The van der Waals surface area contributed by atoms with Crippen molar-refractivity contribution >= 4 is 11.3 Å². The second-order valence-electron chi connectivity index (χ2n) is 4.44. The summed E-state index contributed by atoms with van der Waals surface area (Å²) >= 11 is 1.69. The van der Waals surface area contributed by atoms with Crippen molar-refractivity contribution in [1.82, 2.24) is 0 Å². The van der Waals surface area contributed by atoms with Crippen LogP contribution in [0.2, 0.25) is 0 Å². The van der Waals surface area contributed by atoms with Crippen LogP contribution in [0.5, 0.6) is 5.75 Å². The first kappa shape index (κ1) is 13.1. The van der Waals surface area contributed by atoms with Crippen molar-refractivity contribution in [3.8, 4) is 5.75 Å². The largest absolute Gasteiger partial charge is 0.489 e. The highest BCUT2D eigenvalue weighted by Gasteiger charge is 2.02. The van der Waals surface area contributed by atoms with Gasteiger partial charge in [-0.1, -0.05) is 19.1 Å². The molecule has 2 N–H and O–H groups in total. The number of ether oxygens (including phenoxy) is 1. The molecule has 18 heavy (non-hydrogen) atoms. The van der Waals surface area contributed by atoms with Gasteiger partial charge in [-0.2, -0.15) is 11.3 Å². The molecule has 0 aliphatic carbocycles. The highest BCUT2D eigenvalue weighted by Crippen LogP contribution is 2.16. The number of thiophene rings is 1. The molecule has 2 nitrogen and oxygen atoms in total. The maximum atomic E-state index is 5.94. The van der Waals surface area contributed by atoms with E-state index in [1.54, 1.807) is 11.3 Å². The number of hydrogen-bond acceptors (Lipinski definition) is 3. The minimum Gasteiger partial charge on any atom is -0.489 e. The molecule has 0 saturated heterocycles. The first-order valence-electron chi connectivity index (χ1n) is 6.26. The summed E-state index contributed by atoms with van der Waals surface area (Å²) in [5, 5.41) is 4.17. The maximum absolute atomic E-state index is 5.94. The quantitative estimate of drug-likeness (QED) is 0.862. The van der Waals surface area contributed by atoms with Crippen LogP contribution in [0.3, 0.4) is 0 Å². The van der Waals surface area contributed by atoms with Crippen molar-refractivity contribution < 1.29 is 4.74 Å². The Morgan fingerprint density at radius 3 is 2.56 bits per heavy atom. The minimum absolute atomic E-state index is 0.252. The Bertz CT molecular complexity index is 450. The molecule has 2 aromatic rings. The molecular weight excluding hydrogens is 242 g/mol. The third kappa shape index (κ3) is 3.86. The van der Waals surface area contributed by atoms with Gasteiger partial charge < -0.3 is 10.5 Å². The lowest BCUT2D eigenvalue weighted by atomic mass is 10.0. The van der Waals surface area contributed by atoms with Gasteiger partial charge in [-0.3, -0.25) is 0 Å². The van der Waals surface area contributed by atoms with E-state index < -0.39 is 0 Å². The molecule has 1 heterocycles. The molecule has 96 valence electrons. The van der Waals surface area contributed by atoms with Crippen LogP contribution in [0.25, 0.3) is 0 Å². The molecule has 0 bridgehead atoms. The summed E-state index contributed by atoms with van der Waals surface area (Å²) in [6, 6.07) is 10.6. The molecule has 0 amide bonds. The Labute approximate surface area is 112 Å². The Kier molecular flexibility index (Phi) is 4.79. The Morgan fingerprint density at radius 1 is 1.17 bits per heavy atom. The number of benzene rings is 1. The lowest BCUT2D eigenvalue weighted by molar-refractivity contribution is 0.306.